The first-order valence-corrected chi connectivity index (χ1v) is 18.7. The van der Waals surface area contributed by atoms with Gasteiger partial charge in [0.05, 0.1) is 43.0 Å². The van der Waals surface area contributed by atoms with Gasteiger partial charge in [0.15, 0.2) is 0 Å². The Labute approximate surface area is 300 Å². The van der Waals surface area contributed by atoms with Crippen molar-refractivity contribution in [1.29, 1.82) is 0 Å². The fourth-order valence-electron chi connectivity index (χ4n) is 6.57. The van der Waals surface area contributed by atoms with Gasteiger partial charge in [-0.05, 0) is 91.7 Å². The summed E-state index contributed by atoms with van der Waals surface area (Å²) < 4.78 is 59.5. The number of hydrogen-bond acceptors (Lipinski definition) is 11. The Bertz CT molecular complexity index is 1780. The number of nitrogens with zero attached hydrogens (tertiary/aromatic N) is 2. The molecule has 0 bridgehead atoms. The summed E-state index contributed by atoms with van der Waals surface area (Å²) in [6, 6.07) is 11.9. The van der Waals surface area contributed by atoms with E-state index in [0.29, 0.717) is 42.2 Å². The van der Waals surface area contributed by atoms with E-state index >= 15 is 0 Å². The molecule has 3 aliphatic rings. The van der Waals surface area contributed by atoms with Gasteiger partial charge in [0, 0.05) is 31.4 Å². The molecule has 1 aliphatic carbocycles. The molecule has 2 aromatic rings. The molecular formula is C37H49FN6O6S. The van der Waals surface area contributed by atoms with Crippen LogP contribution in [0, 0.1) is 11.8 Å². The zero-order chi connectivity index (χ0) is 36.7. The van der Waals surface area contributed by atoms with Crippen molar-refractivity contribution in [2.45, 2.75) is 44.0 Å². The molecule has 0 amide bonds. The number of benzene rings is 2. The smallest absolute Gasteiger partial charge is 0.355 e. The zero-order valence-electron chi connectivity index (χ0n) is 29.7. The van der Waals surface area contributed by atoms with Crippen LogP contribution in [0.5, 0.6) is 11.5 Å². The number of nitrogens with one attached hydrogen (secondary N) is 2. The van der Waals surface area contributed by atoms with Crippen LogP contribution in [-0.2, 0) is 19.6 Å². The third kappa shape index (κ3) is 9.30. The predicted octanol–water partition coefficient (Wildman–Crippen LogP) is 3.95. The molecule has 51 heavy (non-hydrogen) atoms. The fourth-order valence-corrected chi connectivity index (χ4v) is 7.59. The van der Waals surface area contributed by atoms with E-state index in [9.17, 15) is 17.6 Å². The lowest BCUT2D eigenvalue weighted by Crippen LogP contribution is -2.42. The molecule has 5 rings (SSSR count). The van der Waals surface area contributed by atoms with Gasteiger partial charge in [-0.1, -0.05) is 32.0 Å². The highest BCUT2D eigenvalue weighted by Gasteiger charge is 2.36. The van der Waals surface area contributed by atoms with E-state index < -0.39 is 16.0 Å². The van der Waals surface area contributed by atoms with Crippen LogP contribution in [0.1, 0.15) is 33.1 Å². The second-order valence-corrected chi connectivity index (χ2v) is 15.2. The number of carbonyl (C=O) groups is 1. The summed E-state index contributed by atoms with van der Waals surface area (Å²) in [6.07, 6.45) is 6.57. The molecule has 0 aromatic heterocycles. The van der Waals surface area contributed by atoms with Gasteiger partial charge < -0.3 is 35.2 Å². The van der Waals surface area contributed by atoms with Gasteiger partial charge in [-0.2, -0.15) is 0 Å². The average molecular weight is 725 g/mol. The molecule has 0 saturated carbocycles. The average Bonchev–Trinajstić information content (AvgIpc) is 3.49. The molecule has 1 fully saturated rings. The minimum atomic E-state index is -3.71. The molecule has 2 heterocycles. The molecule has 14 heteroatoms. The van der Waals surface area contributed by atoms with Crippen LogP contribution in [-0.4, -0.2) is 83.9 Å². The number of hydrogen-bond donors (Lipinski definition) is 4. The van der Waals surface area contributed by atoms with Crippen molar-refractivity contribution in [1.82, 2.24) is 19.9 Å². The van der Waals surface area contributed by atoms with E-state index in [0.717, 1.165) is 37.1 Å². The maximum absolute atomic E-state index is 14.2. The minimum Gasteiger partial charge on any atom is -0.496 e. The predicted molar refractivity (Wildman–Crippen MR) is 194 cm³/mol. The number of rotatable bonds is 15. The van der Waals surface area contributed by atoms with Gasteiger partial charge in [0.2, 0.25) is 10.0 Å². The van der Waals surface area contributed by atoms with Gasteiger partial charge in [0.1, 0.15) is 23.0 Å². The number of fused-ring (bicyclic) bond motifs is 1. The third-order valence-electron chi connectivity index (χ3n) is 9.20. The summed E-state index contributed by atoms with van der Waals surface area (Å²) in [6.45, 7) is 7.09. The molecule has 2 aromatic carbocycles. The van der Waals surface area contributed by atoms with Crippen LogP contribution >= 0.6 is 0 Å². The molecule has 1 saturated heterocycles. The fraction of sp³-hybridized carbons (Fsp3) is 0.432. The van der Waals surface area contributed by atoms with Crippen LogP contribution in [0.2, 0.25) is 0 Å². The number of methoxy groups -OCH3 is 2. The van der Waals surface area contributed by atoms with Crippen molar-refractivity contribution < 1.29 is 31.8 Å². The second-order valence-electron chi connectivity index (χ2n) is 13.4. The summed E-state index contributed by atoms with van der Waals surface area (Å²) in [5.74, 6) is 7.17. The van der Waals surface area contributed by atoms with Crippen LogP contribution in [0.4, 0.5) is 4.39 Å². The molecule has 276 valence electrons. The van der Waals surface area contributed by atoms with Crippen LogP contribution in [0.15, 0.2) is 94.1 Å². The normalized spacial score (nSPS) is 18.6. The van der Waals surface area contributed by atoms with E-state index in [4.69, 9.17) is 25.8 Å². The minimum absolute atomic E-state index is 0.156. The maximum atomic E-state index is 14.2. The molecule has 2 aliphatic heterocycles. The van der Waals surface area contributed by atoms with Gasteiger partial charge >= 0.3 is 5.97 Å². The van der Waals surface area contributed by atoms with Crippen molar-refractivity contribution in [2.24, 2.45) is 23.4 Å². The molecule has 1 unspecified atom stereocenters. The van der Waals surface area contributed by atoms with Crippen LogP contribution in [0.3, 0.4) is 0 Å². The second kappa shape index (κ2) is 16.8. The highest BCUT2D eigenvalue weighted by molar-refractivity contribution is 7.89. The van der Waals surface area contributed by atoms with Gasteiger partial charge in [-0.25, -0.2) is 28.2 Å². The number of ether oxygens (including phenoxy) is 3. The number of nitrogens with two attached hydrogens (primary N) is 2. The van der Waals surface area contributed by atoms with Gasteiger partial charge in [0.25, 0.3) is 0 Å². The lowest BCUT2D eigenvalue weighted by atomic mass is 9.93. The summed E-state index contributed by atoms with van der Waals surface area (Å²) in [5.41, 5.74) is 9.52. The first-order valence-electron chi connectivity index (χ1n) is 17.2. The quantitative estimate of drug-likeness (QED) is 0.120. The van der Waals surface area contributed by atoms with E-state index in [1.807, 2.05) is 32.0 Å². The first kappa shape index (κ1) is 37.9. The topological polar surface area (TPSA) is 161 Å². The number of piperidine rings is 1. The molecule has 0 radical (unpaired) electrons. The number of allylic oxidation sites excluding steroid dienone is 3. The number of carbonyl (C=O) groups excluding carboxylic acids is 1. The van der Waals surface area contributed by atoms with Gasteiger partial charge in [-0.3, -0.25) is 0 Å². The van der Waals surface area contributed by atoms with Crippen LogP contribution in [0.25, 0.3) is 11.1 Å². The standard InChI is InChI=1S/C37H49FN6O6S/c1-24(2)23-50-37(45)36-35(29-20-27(38)10-13-31(29)42-36)30(39)22-44(40)21-25-14-17-43(18-15-25)19-16-41-51(46,47)28-11-8-26(9-12-28)34-32(48-3)6-5-7-33(34)49-4/h5-12,20,22,24-25,31,41-42H,13-19,21,23,39-40H2,1-4H3/b30-22-. The monoisotopic (exact) mass is 724 g/mol. The Morgan fingerprint density at radius 1 is 1.12 bits per heavy atom. The van der Waals surface area contributed by atoms with Crippen molar-refractivity contribution in [2.75, 3.05) is 53.6 Å². The molecule has 1 atom stereocenters. The maximum Gasteiger partial charge on any atom is 0.355 e. The highest BCUT2D eigenvalue weighted by Crippen LogP contribution is 2.39. The third-order valence-corrected chi connectivity index (χ3v) is 10.7. The molecular weight excluding hydrogens is 676 g/mol. The number of hydrazine groups is 1. The Morgan fingerprint density at radius 3 is 2.41 bits per heavy atom. The van der Waals surface area contributed by atoms with E-state index in [1.54, 1.807) is 44.7 Å². The van der Waals surface area contributed by atoms with Crippen molar-refractivity contribution in [3.63, 3.8) is 0 Å². The molecule has 0 spiro atoms. The Morgan fingerprint density at radius 2 is 1.78 bits per heavy atom. The number of halogens is 1. The Balaban J connectivity index is 1.12. The van der Waals surface area contributed by atoms with Crippen molar-refractivity contribution >= 4 is 16.0 Å². The SMILES string of the molecule is COc1cccc(OC)c1-c1ccc(S(=O)(=O)NCCN2CCC(CN(N)/C=C(\N)C3=C(C(=O)OCC(C)C)NC4CC=C(F)C=C34)CC2)cc1. The molecule has 12 nitrogen and oxygen atoms in total. The first-order chi connectivity index (χ1) is 24.4. The van der Waals surface area contributed by atoms with E-state index in [1.165, 1.54) is 17.2 Å². The zero-order valence-corrected chi connectivity index (χ0v) is 30.5. The molecule has 6 N–H and O–H groups in total. The lowest BCUT2D eigenvalue weighted by molar-refractivity contribution is -0.140. The van der Waals surface area contributed by atoms with Crippen LogP contribution < -0.4 is 31.1 Å². The van der Waals surface area contributed by atoms with Crippen molar-refractivity contribution in [3.8, 4) is 22.6 Å². The Kier molecular flexibility index (Phi) is 12.5. The summed E-state index contributed by atoms with van der Waals surface area (Å²) in [7, 11) is -0.551. The Hall–Kier alpha value is -4.37. The number of likely N-dealkylation sites (tertiary alicyclic amines) is 1. The summed E-state index contributed by atoms with van der Waals surface area (Å²) in [5, 5.41) is 4.69. The van der Waals surface area contributed by atoms with E-state index in [2.05, 4.69) is 14.9 Å². The lowest BCUT2D eigenvalue weighted by Gasteiger charge is -2.33. The highest BCUT2D eigenvalue weighted by atomic mass is 32.2. The summed E-state index contributed by atoms with van der Waals surface area (Å²) in [4.78, 5) is 15.4. The number of esters is 1. The van der Waals surface area contributed by atoms with E-state index in [-0.39, 0.29) is 53.1 Å². The van der Waals surface area contributed by atoms with Crippen molar-refractivity contribution in [3.05, 3.63) is 89.2 Å². The largest absolute Gasteiger partial charge is 0.496 e. The summed E-state index contributed by atoms with van der Waals surface area (Å²) >= 11 is 0. The number of sulfonamides is 1. The van der Waals surface area contributed by atoms with Gasteiger partial charge in [-0.15, -0.1) is 0 Å².